The zero-order chi connectivity index (χ0) is 44.4. The van der Waals surface area contributed by atoms with E-state index >= 15 is 0 Å². The molecule has 3 heterocycles. The third kappa shape index (κ3) is 5.49. The summed E-state index contributed by atoms with van der Waals surface area (Å²) in [7, 11) is 0. The van der Waals surface area contributed by atoms with Crippen molar-refractivity contribution in [3.63, 3.8) is 0 Å². The Bertz CT molecular complexity index is 3930. The molecule has 3 nitrogen and oxygen atoms in total. The summed E-state index contributed by atoms with van der Waals surface area (Å²) in [4.78, 5) is 4.69. The van der Waals surface area contributed by atoms with Crippen molar-refractivity contribution in [1.29, 1.82) is 0 Å². The highest BCUT2D eigenvalue weighted by molar-refractivity contribution is 6.23. The van der Waals surface area contributed by atoms with Gasteiger partial charge in [-0.25, -0.2) is 0 Å². The second-order valence-electron chi connectivity index (χ2n) is 18.7. The maximum atomic E-state index is 4.69. The molecule has 3 heteroatoms. The summed E-state index contributed by atoms with van der Waals surface area (Å²) in [6, 6.07) is 81.0. The van der Waals surface area contributed by atoms with Crippen molar-refractivity contribution in [3.05, 3.63) is 236 Å². The van der Waals surface area contributed by atoms with E-state index in [-0.39, 0.29) is 5.41 Å². The minimum Gasteiger partial charge on any atom is -0.309 e. The lowest BCUT2D eigenvalue weighted by atomic mass is 9.79. The number of hydrogen-bond acceptors (Lipinski definition) is 1. The summed E-state index contributed by atoms with van der Waals surface area (Å²) in [5.41, 5.74) is 19.1. The highest BCUT2D eigenvalue weighted by Crippen LogP contribution is 2.54. The normalized spacial score (nSPS) is 13.0. The Hall–Kier alpha value is -8.53. The molecule has 0 amide bonds. The van der Waals surface area contributed by atoms with E-state index in [0.29, 0.717) is 0 Å². The van der Waals surface area contributed by atoms with Gasteiger partial charge in [-0.05, 0) is 133 Å². The van der Waals surface area contributed by atoms with Gasteiger partial charge >= 0.3 is 0 Å². The van der Waals surface area contributed by atoms with Crippen molar-refractivity contribution < 1.29 is 0 Å². The van der Waals surface area contributed by atoms with Gasteiger partial charge < -0.3 is 9.13 Å². The smallest absolute Gasteiger partial charge is 0.0701 e. The molecule has 3 aromatic heterocycles. The van der Waals surface area contributed by atoms with Crippen molar-refractivity contribution in [1.82, 2.24) is 14.1 Å². The lowest BCUT2D eigenvalue weighted by Crippen LogP contribution is -2.14. The van der Waals surface area contributed by atoms with Crippen LogP contribution in [0, 0.1) is 0 Å². The second-order valence-corrected chi connectivity index (χ2v) is 18.7. The van der Waals surface area contributed by atoms with E-state index in [1.165, 1.54) is 110 Å². The number of rotatable bonds is 5. The topological polar surface area (TPSA) is 22.8 Å². The van der Waals surface area contributed by atoms with Crippen LogP contribution in [0.15, 0.2) is 225 Å². The third-order valence-electron chi connectivity index (χ3n) is 14.7. The molecule has 0 N–H and O–H groups in total. The van der Waals surface area contributed by atoms with Crippen LogP contribution in [0.2, 0.25) is 0 Å². The van der Waals surface area contributed by atoms with E-state index in [4.69, 9.17) is 0 Å². The summed E-state index contributed by atoms with van der Waals surface area (Å²) in [5, 5.41) is 9.91. The summed E-state index contributed by atoms with van der Waals surface area (Å²) in [6.07, 6.45) is 1.87. The molecule has 0 saturated carbocycles. The minimum absolute atomic E-state index is 0.174. The molecular formula is C64H43N3. The number of aromatic nitrogens is 3. The fourth-order valence-electron chi connectivity index (χ4n) is 11.7. The highest BCUT2D eigenvalue weighted by atomic mass is 15.0. The largest absolute Gasteiger partial charge is 0.309 e. The van der Waals surface area contributed by atoms with E-state index in [9.17, 15) is 0 Å². The molecule has 1 aliphatic rings. The number of pyridine rings is 1. The first-order valence-electron chi connectivity index (χ1n) is 23.3. The summed E-state index contributed by atoms with van der Waals surface area (Å²) < 4.78 is 4.95. The molecule has 0 bridgehead atoms. The number of hydrogen-bond donors (Lipinski definition) is 0. The lowest BCUT2D eigenvalue weighted by molar-refractivity contribution is 0.661. The van der Waals surface area contributed by atoms with Crippen LogP contribution < -0.4 is 0 Å². The zero-order valence-electron chi connectivity index (χ0n) is 37.2. The van der Waals surface area contributed by atoms with Crippen LogP contribution >= 0.6 is 0 Å². The third-order valence-corrected chi connectivity index (χ3v) is 14.7. The molecule has 0 radical (unpaired) electrons. The van der Waals surface area contributed by atoms with E-state index in [1.54, 1.807) is 0 Å². The van der Waals surface area contributed by atoms with Gasteiger partial charge in [0.15, 0.2) is 0 Å². The lowest BCUT2D eigenvalue weighted by Gasteiger charge is -2.24. The summed E-state index contributed by atoms with van der Waals surface area (Å²) in [6.45, 7) is 4.78. The monoisotopic (exact) mass is 853 g/mol. The number of nitrogens with zero attached hydrogens (tertiary/aromatic N) is 3. The highest BCUT2D eigenvalue weighted by Gasteiger charge is 2.36. The Morgan fingerprint density at radius 1 is 0.328 bits per heavy atom. The molecular weight excluding hydrogens is 811 g/mol. The first kappa shape index (κ1) is 37.8. The zero-order valence-corrected chi connectivity index (χ0v) is 37.2. The van der Waals surface area contributed by atoms with Crippen LogP contribution in [0.1, 0.15) is 25.0 Å². The van der Waals surface area contributed by atoms with Crippen LogP contribution in [0.4, 0.5) is 0 Å². The van der Waals surface area contributed by atoms with Crippen molar-refractivity contribution in [2.75, 3.05) is 0 Å². The van der Waals surface area contributed by atoms with Gasteiger partial charge in [0, 0.05) is 50.1 Å². The summed E-state index contributed by atoms with van der Waals surface area (Å²) in [5.74, 6) is 0. The average molecular weight is 854 g/mol. The van der Waals surface area contributed by atoms with Gasteiger partial charge in [0.25, 0.3) is 0 Å². The fraction of sp³-hybridized carbons (Fsp3) is 0.0469. The molecule has 67 heavy (non-hydrogen) atoms. The molecule has 14 rings (SSSR count). The molecule has 0 spiro atoms. The Balaban J connectivity index is 1.14. The summed E-state index contributed by atoms with van der Waals surface area (Å²) >= 11 is 0. The maximum absolute atomic E-state index is 4.69. The molecule has 0 aliphatic heterocycles. The maximum Gasteiger partial charge on any atom is 0.0701 e. The molecule has 13 aromatic rings. The Labute approximate surface area is 388 Å². The molecule has 0 saturated heterocycles. The Morgan fingerprint density at radius 2 is 0.776 bits per heavy atom. The number of benzene rings is 10. The average Bonchev–Trinajstić information content (AvgIpc) is 3.98. The standard InChI is InChI=1S/C64H43N3/c1-64(2)55-24-10-5-17-45(55)52-38-53-54(39-56(52)64)62(41-32-30-40(31-33-41)57-25-15-16-34-65-57)50-22-3-4-23-51(50)63(53)42-35-43(66-58-26-11-6-18-46(58)47-19-7-12-27-59(47)66)37-44(36-42)67-60-28-13-8-20-48(60)49-21-9-14-29-61(49)67/h3-39H,1-2H3. The van der Waals surface area contributed by atoms with Crippen molar-refractivity contribution in [3.8, 4) is 56.0 Å². The van der Waals surface area contributed by atoms with Crippen LogP contribution in [0.25, 0.3) is 121 Å². The fourth-order valence-corrected chi connectivity index (χ4v) is 11.7. The van der Waals surface area contributed by atoms with E-state index in [0.717, 1.165) is 22.6 Å². The van der Waals surface area contributed by atoms with Crippen LogP contribution in [-0.2, 0) is 5.41 Å². The predicted molar refractivity (Wildman–Crippen MR) is 282 cm³/mol. The van der Waals surface area contributed by atoms with Gasteiger partial charge in [-0.3, -0.25) is 4.98 Å². The van der Waals surface area contributed by atoms with Crippen LogP contribution in [-0.4, -0.2) is 14.1 Å². The minimum atomic E-state index is -0.174. The van der Waals surface area contributed by atoms with E-state index in [1.807, 2.05) is 12.3 Å². The van der Waals surface area contributed by atoms with Gasteiger partial charge in [-0.1, -0.05) is 166 Å². The SMILES string of the molecule is CC1(C)c2ccccc2-c2cc3c(-c4cc(-n5c6ccccc6c6ccccc65)cc(-n5c6ccccc6c6ccccc65)c4)c4ccccc4c(-c4ccc(-c5ccccn5)cc4)c3cc21. The molecule has 10 aromatic carbocycles. The van der Waals surface area contributed by atoms with Gasteiger partial charge in [0.2, 0.25) is 0 Å². The van der Waals surface area contributed by atoms with Crippen molar-refractivity contribution in [2.24, 2.45) is 0 Å². The van der Waals surface area contributed by atoms with Crippen LogP contribution in [0.3, 0.4) is 0 Å². The molecule has 0 atom stereocenters. The van der Waals surface area contributed by atoms with Gasteiger partial charge in [0.05, 0.1) is 27.8 Å². The number of para-hydroxylation sites is 4. The van der Waals surface area contributed by atoms with E-state index < -0.39 is 0 Å². The molecule has 1 aliphatic carbocycles. The van der Waals surface area contributed by atoms with Gasteiger partial charge in [0.1, 0.15) is 0 Å². The van der Waals surface area contributed by atoms with Crippen molar-refractivity contribution in [2.45, 2.75) is 19.3 Å². The van der Waals surface area contributed by atoms with E-state index in [2.05, 4.69) is 240 Å². The second kappa shape index (κ2) is 14.2. The van der Waals surface area contributed by atoms with Gasteiger partial charge in [-0.15, -0.1) is 0 Å². The first-order chi connectivity index (χ1) is 33.0. The quantitative estimate of drug-likeness (QED) is 0.158. The van der Waals surface area contributed by atoms with Gasteiger partial charge in [-0.2, -0.15) is 0 Å². The van der Waals surface area contributed by atoms with Crippen molar-refractivity contribution >= 4 is 65.2 Å². The Morgan fingerprint density at radius 3 is 1.31 bits per heavy atom. The van der Waals surface area contributed by atoms with Crippen LogP contribution in [0.5, 0.6) is 0 Å². The molecule has 314 valence electrons. The predicted octanol–water partition coefficient (Wildman–Crippen LogP) is 16.9. The molecule has 0 fully saturated rings. The Kier molecular flexibility index (Phi) is 8.03. The molecule has 0 unspecified atom stereocenters. The number of fused-ring (bicyclic) bond motifs is 11. The first-order valence-corrected chi connectivity index (χ1v) is 23.3.